The smallest absolute Gasteiger partial charge is 0.128 e. The summed E-state index contributed by atoms with van der Waals surface area (Å²) in [6.07, 6.45) is 7.61. The average molecular weight is 356 g/mol. The molecule has 1 spiro atoms. The Morgan fingerprint density at radius 2 is 2.05 bits per heavy atom. The number of benzene rings is 1. The highest BCUT2D eigenvalue weighted by molar-refractivity contribution is 9.10. The van der Waals surface area contributed by atoms with Crippen molar-refractivity contribution in [2.24, 2.45) is 5.41 Å². The molecule has 21 heavy (non-hydrogen) atoms. The summed E-state index contributed by atoms with van der Waals surface area (Å²) in [4.78, 5) is 0. The Balaban J connectivity index is 1.75. The summed E-state index contributed by atoms with van der Waals surface area (Å²) in [5, 5.41) is 3.62. The fraction of sp³-hybridized carbons (Fsp3) is 0.647. The van der Waals surface area contributed by atoms with Crippen molar-refractivity contribution in [1.82, 2.24) is 5.32 Å². The third kappa shape index (κ3) is 2.98. The molecule has 2 aliphatic carbocycles. The van der Waals surface area contributed by atoms with E-state index in [0.29, 0.717) is 11.8 Å². The molecule has 0 heterocycles. The van der Waals surface area contributed by atoms with Crippen LogP contribution in [0.2, 0.25) is 0 Å². The molecule has 0 radical (unpaired) electrons. The third-order valence-electron chi connectivity index (χ3n) is 5.13. The summed E-state index contributed by atoms with van der Waals surface area (Å²) < 4.78 is 20.4. The Morgan fingerprint density at radius 1 is 1.29 bits per heavy atom. The lowest BCUT2D eigenvalue weighted by Gasteiger charge is -2.57. The van der Waals surface area contributed by atoms with E-state index in [1.807, 2.05) is 6.07 Å². The minimum absolute atomic E-state index is 0.218. The van der Waals surface area contributed by atoms with E-state index in [0.717, 1.165) is 17.4 Å². The van der Waals surface area contributed by atoms with E-state index in [1.165, 1.54) is 44.2 Å². The average Bonchev–Trinajstić information content (AvgIpc) is 2.46. The lowest BCUT2D eigenvalue weighted by Crippen LogP contribution is -2.65. The van der Waals surface area contributed by atoms with E-state index in [2.05, 4.69) is 28.2 Å². The highest BCUT2D eigenvalue weighted by Gasteiger charge is 2.56. The van der Waals surface area contributed by atoms with Crippen molar-refractivity contribution in [2.45, 2.75) is 57.6 Å². The van der Waals surface area contributed by atoms with Crippen LogP contribution < -0.4 is 10.1 Å². The molecular weight excluding hydrogens is 333 g/mol. The summed E-state index contributed by atoms with van der Waals surface area (Å²) >= 11 is 3.33. The van der Waals surface area contributed by atoms with E-state index < -0.39 is 0 Å². The van der Waals surface area contributed by atoms with Gasteiger partial charge in [-0.25, -0.2) is 4.39 Å². The van der Waals surface area contributed by atoms with Crippen LogP contribution in [-0.2, 0) is 0 Å². The molecule has 116 valence electrons. The number of hydrogen-bond donors (Lipinski definition) is 1. The maximum Gasteiger partial charge on any atom is 0.128 e. The number of halogens is 2. The van der Waals surface area contributed by atoms with Crippen LogP contribution in [0.25, 0.3) is 0 Å². The SMILES string of the molecule is CCNC1CC(Oc2cc(F)cc(Br)c2)C12CCCCC2. The molecule has 2 unspecified atom stereocenters. The van der Waals surface area contributed by atoms with Crippen molar-refractivity contribution in [3.8, 4) is 5.75 Å². The van der Waals surface area contributed by atoms with Gasteiger partial charge in [0.25, 0.3) is 0 Å². The monoisotopic (exact) mass is 355 g/mol. The quantitative estimate of drug-likeness (QED) is 0.847. The first-order valence-corrected chi connectivity index (χ1v) is 8.79. The molecule has 0 bridgehead atoms. The van der Waals surface area contributed by atoms with Gasteiger partial charge in [0.1, 0.15) is 17.7 Å². The van der Waals surface area contributed by atoms with E-state index in [1.54, 1.807) is 0 Å². The second-order valence-corrected chi connectivity index (χ2v) is 7.27. The van der Waals surface area contributed by atoms with Crippen molar-refractivity contribution in [3.63, 3.8) is 0 Å². The van der Waals surface area contributed by atoms with Gasteiger partial charge in [0.15, 0.2) is 0 Å². The summed E-state index contributed by atoms with van der Waals surface area (Å²) in [6.45, 7) is 3.17. The topological polar surface area (TPSA) is 21.3 Å². The van der Waals surface area contributed by atoms with Crippen LogP contribution in [0.15, 0.2) is 22.7 Å². The Bertz CT molecular complexity index is 481. The van der Waals surface area contributed by atoms with Gasteiger partial charge in [0, 0.05) is 28.4 Å². The lowest BCUT2D eigenvalue weighted by molar-refractivity contribution is -0.102. The molecule has 2 atom stereocenters. The normalized spacial score (nSPS) is 27.4. The minimum atomic E-state index is -0.250. The molecule has 2 nitrogen and oxygen atoms in total. The Morgan fingerprint density at radius 3 is 2.71 bits per heavy atom. The van der Waals surface area contributed by atoms with Gasteiger partial charge in [-0.15, -0.1) is 0 Å². The van der Waals surface area contributed by atoms with Crippen LogP contribution in [0.4, 0.5) is 4.39 Å². The van der Waals surface area contributed by atoms with Crippen LogP contribution >= 0.6 is 15.9 Å². The first-order valence-electron chi connectivity index (χ1n) is 8.00. The molecule has 4 heteroatoms. The fourth-order valence-electron chi connectivity index (χ4n) is 4.09. The van der Waals surface area contributed by atoms with Gasteiger partial charge >= 0.3 is 0 Å². The molecule has 1 aromatic rings. The van der Waals surface area contributed by atoms with Crippen LogP contribution in [0, 0.1) is 11.2 Å². The fourth-order valence-corrected chi connectivity index (χ4v) is 4.53. The van der Waals surface area contributed by atoms with Crippen molar-refractivity contribution in [2.75, 3.05) is 6.54 Å². The number of nitrogens with one attached hydrogen (secondary N) is 1. The third-order valence-corrected chi connectivity index (χ3v) is 5.59. The van der Waals surface area contributed by atoms with Crippen LogP contribution in [0.1, 0.15) is 45.4 Å². The summed E-state index contributed by atoms with van der Waals surface area (Å²) in [5.41, 5.74) is 0.257. The van der Waals surface area contributed by atoms with Gasteiger partial charge in [-0.2, -0.15) is 0 Å². The van der Waals surface area contributed by atoms with Gasteiger partial charge in [-0.1, -0.05) is 42.1 Å². The Labute approximate surface area is 134 Å². The van der Waals surface area contributed by atoms with E-state index in [-0.39, 0.29) is 17.3 Å². The first-order chi connectivity index (χ1) is 10.1. The zero-order valence-corrected chi connectivity index (χ0v) is 14.1. The molecule has 3 rings (SSSR count). The number of hydrogen-bond acceptors (Lipinski definition) is 2. The molecule has 2 fully saturated rings. The predicted molar refractivity (Wildman–Crippen MR) is 86.1 cm³/mol. The van der Waals surface area contributed by atoms with E-state index in [4.69, 9.17) is 4.74 Å². The van der Waals surface area contributed by atoms with Crippen molar-refractivity contribution >= 4 is 15.9 Å². The Hall–Kier alpha value is -0.610. The molecule has 2 aliphatic rings. The van der Waals surface area contributed by atoms with Crippen LogP contribution in [0.3, 0.4) is 0 Å². The molecule has 0 aromatic heterocycles. The molecule has 1 aromatic carbocycles. The van der Waals surface area contributed by atoms with Gasteiger partial charge < -0.3 is 10.1 Å². The van der Waals surface area contributed by atoms with Crippen LogP contribution in [0.5, 0.6) is 5.75 Å². The second kappa shape index (κ2) is 6.25. The number of ether oxygens (including phenoxy) is 1. The van der Waals surface area contributed by atoms with Gasteiger partial charge in [0.05, 0.1) is 0 Å². The zero-order valence-electron chi connectivity index (χ0n) is 12.5. The van der Waals surface area contributed by atoms with E-state index in [9.17, 15) is 4.39 Å². The second-order valence-electron chi connectivity index (χ2n) is 6.35. The first kappa shape index (κ1) is 15.3. The molecule has 0 amide bonds. The van der Waals surface area contributed by atoms with Crippen LogP contribution in [-0.4, -0.2) is 18.7 Å². The van der Waals surface area contributed by atoms with E-state index >= 15 is 0 Å². The van der Waals surface area contributed by atoms with Crippen molar-refractivity contribution < 1.29 is 9.13 Å². The maximum atomic E-state index is 13.5. The van der Waals surface area contributed by atoms with Gasteiger partial charge in [-0.05, 0) is 31.5 Å². The highest BCUT2D eigenvalue weighted by Crippen LogP contribution is 2.53. The summed E-state index contributed by atoms with van der Waals surface area (Å²) in [5.74, 6) is 0.395. The Kier molecular flexibility index (Phi) is 4.55. The molecule has 0 aliphatic heterocycles. The maximum absolute atomic E-state index is 13.5. The molecular formula is C17H23BrFNO. The molecule has 2 saturated carbocycles. The highest BCUT2D eigenvalue weighted by atomic mass is 79.9. The largest absolute Gasteiger partial charge is 0.490 e. The van der Waals surface area contributed by atoms with Crippen molar-refractivity contribution in [1.29, 1.82) is 0 Å². The van der Waals surface area contributed by atoms with Gasteiger partial charge in [0.2, 0.25) is 0 Å². The minimum Gasteiger partial charge on any atom is -0.490 e. The lowest BCUT2D eigenvalue weighted by atomic mass is 9.55. The molecule has 0 saturated heterocycles. The van der Waals surface area contributed by atoms with Crippen molar-refractivity contribution in [3.05, 3.63) is 28.5 Å². The predicted octanol–water partition coefficient (Wildman–Crippen LogP) is 4.67. The molecule has 1 N–H and O–H groups in total. The summed E-state index contributed by atoms with van der Waals surface area (Å²) in [7, 11) is 0. The zero-order chi connectivity index (χ0) is 14.9. The summed E-state index contributed by atoms with van der Waals surface area (Å²) in [6, 6.07) is 5.37. The van der Waals surface area contributed by atoms with Gasteiger partial charge in [-0.3, -0.25) is 0 Å². The standard InChI is InChI=1S/C17H23BrFNO/c1-2-20-15-11-16(17(15)6-4-3-5-7-17)21-14-9-12(18)8-13(19)10-14/h8-10,15-16,20H,2-7,11H2,1H3. The number of rotatable bonds is 4.